The van der Waals surface area contributed by atoms with E-state index in [1.54, 1.807) is 0 Å². The largest absolute Gasteiger partial charge is 0.487 e. The Morgan fingerprint density at radius 3 is 2.52 bits per heavy atom. The van der Waals surface area contributed by atoms with E-state index >= 15 is 0 Å². The normalized spacial score (nSPS) is 32.6. The van der Waals surface area contributed by atoms with E-state index in [4.69, 9.17) is 10.5 Å². The highest BCUT2D eigenvalue weighted by Crippen LogP contribution is 2.49. The van der Waals surface area contributed by atoms with E-state index in [0.29, 0.717) is 19.3 Å². The van der Waals surface area contributed by atoms with Crippen LogP contribution in [0.3, 0.4) is 0 Å². The van der Waals surface area contributed by atoms with Gasteiger partial charge in [0.05, 0.1) is 5.92 Å². The van der Waals surface area contributed by atoms with Gasteiger partial charge in [-0.3, -0.25) is 0 Å². The first-order chi connectivity index (χ1) is 9.79. The summed E-state index contributed by atoms with van der Waals surface area (Å²) in [4.78, 5) is 0. The van der Waals surface area contributed by atoms with Gasteiger partial charge in [-0.05, 0) is 38.7 Å². The number of aryl methyl sites for hydroxylation is 1. The molecule has 1 aromatic carbocycles. The highest BCUT2D eigenvalue weighted by atomic mass is 19.4. The minimum absolute atomic E-state index is 0.136. The zero-order chi connectivity index (χ0) is 15.3. The van der Waals surface area contributed by atoms with E-state index in [-0.39, 0.29) is 18.9 Å². The molecule has 21 heavy (non-hydrogen) atoms. The minimum atomic E-state index is -4.09. The van der Waals surface area contributed by atoms with E-state index in [2.05, 4.69) is 0 Å². The summed E-state index contributed by atoms with van der Waals surface area (Å²) >= 11 is 0. The molecule has 1 saturated carbocycles. The maximum atomic E-state index is 12.8. The molecule has 1 fully saturated rings. The zero-order valence-corrected chi connectivity index (χ0v) is 12.0. The van der Waals surface area contributed by atoms with Crippen molar-refractivity contribution in [1.82, 2.24) is 0 Å². The lowest BCUT2D eigenvalue weighted by Crippen LogP contribution is -2.47. The molecule has 1 aliphatic carbocycles. The predicted molar refractivity (Wildman–Crippen MR) is 74.1 cm³/mol. The Morgan fingerprint density at radius 1 is 1.24 bits per heavy atom. The molecule has 0 amide bonds. The molecule has 0 unspecified atom stereocenters. The molecule has 5 heteroatoms. The molecular weight excluding hydrogens is 279 g/mol. The predicted octanol–water partition coefficient (Wildman–Crippen LogP) is 4.27. The van der Waals surface area contributed by atoms with Crippen LogP contribution in [0.1, 0.15) is 49.3 Å². The van der Waals surface area contributed by atoms with Gasteiger partial charge in [0.2, 0.25) is 0 Å². The van der Waals surface area contributed by atoms with Crippen molar-refractivity contribution in [3.05, 3.63) is 29.3 Å². The number of rotatable bonds is 0. The fraction of sp³-hybridized carbons (Fsp3) is 0.625. The van der Waals surface area contributed by atoms with Crippen LogP contribution in [0.5, 0.6) is 5.75 Å². The summed E-state index contributed by atoms with van der Waals surface area (Å²) in [5.74, 6) is -0.452. The molecular formula is C16H20F3NO. The summed E-state index contributed by atoms with van der Waals surface area (Å²) < 4.78 is 44.5. The van der Waals surface area contributed by atoms with Crippen LogP contribution in [0, 0.1) is 12.8 Å². The van der Waals surface area contributed by atoms with Gasteiger partial charge in [0.15, 0.2) is 0 Å². The van der Waals surface area contributed by atoms with Gasteiger partial charge >= 0.3 is 6.18 Å². The lowest BCUT2D eigenvalue weighted by Gasteiger charge is -2.45. The second-order valence-corrected chi connectivity index (χ2v) is 6.45. The van der Waals surface area contributed by atoms with Gasteiger partial charge in [-0.2, -0.15) is 13.2 Å². The molecule has 2 nitrogen and oxygen atoms in total. The van der Waals surface area contributed by atoms with Crippen LogP contribution in [0.15, 0.2) is 18.2 Å². The maximum Gasteiger partial charge on any atom is 0.391 e. The number of hydrogen-bond donors (Lipinski definition) is 1. The summed E-state index contributed by atoms with van der Waals surface area (Å²) in [6.45, 7) is 1.99. The van der Waals surface area contributed by atoms with Gasteiger partial charge in [0.25, 0.3) is 0 Å². The number of hydrogen-bond acceptors (Lipinski definition) is 2. The van der Waals surface area contributed by atoms with Gasteiger partial charge in [-0.1, -0.05) is 17.7 Å². The van der Waals surface area contributed by atoms with Crippen molar-refractivity contribution in [2.45, 2.75) is 56.8 Å². The summed E-state index contributed by atoms with van der Waals surface area (Å²) in [7, 11) is 0. The fourth-order valence-electron chi connectivity index (χ4n) is 3.61. The third-order valence-corrected chi connectivity index (χ3v) is 4.84. The molecule has 1 spiro atoms. The molecule has 1 aliphatic heterocycles. The molecule has 0 aromatic heterocycles. The summed E-state index contributed by atoms with van der Waals surface area (Å²) in [6, 6.07) is 5.69. The van der Waals surface area contributed by atoms with Gasteiger partial charge in [-0.15, -0.1) is 0 Å². The summed E-state index contributed by atoms with van der Waals surface area (Å²) in [5, 5.41) is 0. The first-order valence-electron chi connectivity index (χ1n) is 7.41. The summed E-state index contributed by atoms with van der Waals surface area (Å²) in [6.07, 6.45) is -2.35. The van der Waals surface area contributed by atoms with E-state index in [9.17, 15) is 13.2 Å². The third-order valence-electron chi connectivity index (χ3n) is 4.84. The highest BCUT2D eigenvalue weighted by molar-refractivity contribution is 5.41. The molecule has 0 bridgehead atoms. The molecule has 0 radical (unpaired) electrons. The SMILES string of the molecule is Cc1ccc2c(c1)[C@@H](N)CC1(CCC(C(F)(F)F)CC1)O2. The van der Waals surface area contributed by atoms with Crippen LogP contribution in [0.25, 0.3) is 0 Å². The Hall–Kier alpha value is -1.23. The Kier molecular flexibility index (Phi) is 3.43. The lowest BCUT2D eigenvalue weighted by molar-refractivity contribution is -0.191. The average molecular weight is 299 g/mol. The van der Waals surface area contributed by atoms with Crippen LogP contribution < -0.4 is 10.5 Å². The molecule has 116 valence electrons. The van der Waals surface area contributed by atoms with E-state index < -0.39 is 17.7 Å². The van der Waals surface area contributed by atoms with Crippen molar-refractivity contribution in [3.63, 3.8) is 0 Å². The van der Waals surface area contributed by atoms with Crippen molar-refractivity contribution in [3.8, 4) is 5.75 Å². The van der Waals surface area contributed by atoms with Crippen LogP contribution in [-0.4, -0.2) is 11.8 Å². The van der Waals surface area contributed by atoms with Crippen LogP contribution in [0.4, 0.5) is 13.2 Å². The Labute approximate surface area is 122 Å². The number of fused-ring (bicyclic) bond motifs is 1. The van der Waals surface area contributed by atoms with Crippen molar-refractivity contribution in [2.75, 3.05) is 0 Å². The average Bonchev–Trinajstić information content (AvgIpc) is 2.39. The Bertz CT molecular complexity index is 533. The fourth-order valence-corrected chi connectivity index (χ4v) is 3.61. The Morgan fingerprint density at radius 2 is 1.90 bits per heavy atom. The van der Waals surface area contributed by atoms with E-state index in [0.717, 1.165) is 16.9 Å². The number of nitrogens with two attached hydrogens (primary N) is 1. The van der Waals surface area contributed by atoms with Gasteiger partial charge in [0, 0.05) is 18.0 Å². The molecule has 1 heterocycles. The van der Waals surface area contributed by atoms with Crippen LogP contribution in [-0.2, 0) is 0 Å². The smallest absolute Gasteiger partial charge is 0.391 e. The standard InChI is InChI=1S/C16H20F3NO/c1-10-2-3-14-12(8-10)13(20)9-15(21-14)6-4-11(5-7-15)16(17,18)19/h2-3,8,11,13H,4-7,9,20H2,1H3/t11?,13-,15?/m0/s1. The van der Waals surface area contributed by atoms with Crippen molar-refractivity contribution < 1.29 is 17.9 Å². The molecule has 2 N–H and O–H groups in total. The number of ether oxygens (including phenoxy) is 1. The zero-order valence-electron chi connectivity index (χ0n) is 12.0. The molecule has 1 aromatic rings. The van der Waals surface area contributed by atoms with E-state index in [1.807, 2.05) is 25.1 Å². The van der Waals surface area contributed by atoms with Gasteiger partial charge < -0.3 is 10.5 Å². The number of halogens is 3. The summed E-state index contributed by atoms with van der Waals surface area (Å²) in [5.41, 5.74) is 7.81. The second-order valence-electron chi connectivity index (χ2n) is 6.45. The van der Waals surface area contributed by atoms with Gasteiger partial charge in [0.1, 0.15) is 11.4 Å². The van der Waals surface area contributed by atoms with Crippen molar-refractivity contribution >= 4 is 0 Å². The minimum Gasteiger partial charge on any atom is -0.487 e. The van der Waals surface area contributed by atoms with Crippen LogP contribution in [0.2, 0.25) is 0 Å². The number of alkyl halides is 3. The number of benzene rings is 1. The Balaban J connectivity index is 1.79. The van der Waals surface area contributed by atoms with E-state index in [1.165, 1.54) is 0 Å². The van der Waals surface area contributed by atoms with Crippen molar-refractivity contribution in [2.24, 2.45) is 11.7 Å². The third kappa shape index (κ3) is 2.76. The molecule has 1 atom stereocenters. The second kappa shape index (κ2) is 4.90. The first-order valence-corrected chi connectivity index (χ1v) is 7.41. The molecule has 2 aliphatic rings. The van der Waals surface area contributed by atoms with Gasteiger partial charge in [-0.25, -0.2) is 0 Å². The van der Waals surface area contributed by atoms with Crippen LogP contribution >= 0.6 is 0 Å². The van der Waals surface area contributed by atoms with Crippen molar-refractivity contribution in [1.29, 1.82) is 0 Å². The highest BCUT2D eigenvalue weighted by Gasteiger charge is 2.48. The lowest BCUT2D eigenvalue weighted by atomic mass is 9.73. The molecule has 0 saturated heterocycles. The topological polar surface area (TPSA) is 35.2 Å². The maximum absolute atomic E-state index is 12.8. The molecule has 3 rings (SSSR count). The monoisotopic (exact) mass is 299 g/mol. The quantitative estimate of drug-likeness (QED) is 0.776. The first kappa shape index (κ1) is 14.7.